The van der Waals surface area contributed by atoms with Gasteiger partial charge < -0.3 is 14.6 Å². The summed E-state index contributed by atoms with van der Waals surface area (Å²) in [6.07, 6.45) is 3.56. The van der Waals surface area contributed by atoms with E-state index in [2.05, 4.69) is 20.4 Å². The van der Waals surface area contributed by atoms with E-state index in [9.17, 15) is 0 Å². The molecule has 0 unspecified atom stereocenters. The molecule has 2 rings (SSSR count). The quantitative estimate of drug-likeness (QED) is 0.804. The van der Waals surface area contributed by atoms with Crippen LogP contribution in [0.15, 0.2) is 16.8 Å². The van der Waals surface area contributed by atoms with Crippen LogP contribution in [0.2, 0.25) is 0 Å². The van der Waals surface area contributed by atoms with Crippen LogP contribution in [0.5, 0.6) is 5.88 Å². The lowest BCUT2D eigenvalue weighted by molar-refractivity contribution is 0.392. The third kappa shape index (κ3) is 3.43. The molecule has 19 heavy (non-hydrogen) atoms. The van der Waals surface area contributed by atoms with E-state index < -0.39 is 0 Å². The lowest BCUT2D eigenvalue weighted by Crippen LogP contribution is -2.07. The first-order chi connectivity index (χ1) is 9.20. The summed E-state index contributed by atoms with van der Waals surface area (Å²) in [6.45, 7) is 4.69. The van der Waals surface area contributed by atoms with Gasteiger partial charge in [0.15, 0.2) is 0 Å². The number of nitrogens with one attached hydrogen (secondary N) is 1. The SMILES string of the molecule is COc1ccnc(NCCCc2c(C)noc2C)n1. The van der Waals surface area contributed by atoms with Crippen LogP contribution in [0.3, 0.4) is 0 Å². The second kappa shape index (κ2) is 6.17. The van der Waals surface area contributed by atoms with Gasteiger partial charge in [0.05, 0.1) is 12.8 Å². The predicted molar refractivity (Wildman–Crippen MR) is 71.4 cm³/mol. The minimum atomic E-state index is 0.559. The van der Waals surface area contributed by atoms with Gasteiger partial charge in [-0.3, -0.25) is 0 Å². The van der Waals surface area contributed by atoms with Crippen LogP contribution in [0.25, 0.3) is 0 Å². The molecule has 2 heterocycles. The van der Waals surface area contributed by atoms with E-state index in [1.807, 2.05) is 13.8 Å². The van der Waals surface area contributed by atoms with Crippen LogP contribution in [0, 0.1) is 13.8 Å². The van der Waals surface area contributed by atoms with E-state index in [1.165, 1.54) is 5.56 Å². The van der Waals surface area contributed by atoms with Crippen LogP contribution in [-0.2, 0) is 6.42 Å². The molecule has 0 aliphatic heterocycles. The molecule has 0 atom stereocenters. The minimum Gasteiger partial charge on any atom is -0.481 e. The number of hydrogen-bond acceptors (Lipinski definition) is 6. The highest BCUT2D eigenvalue weighted by Crippen LogP contribution is 2.14. The van der Waals surface area contributed by atoms with E-state index in [1.54, 1.807) is 19.4 Å². The third-order valence-electron chi connectivity index (χ3n) is 2.91. The monoisotopic (exact) mass is 262 g/mol. The van der Waals surface area contributed by atoms with E-state index in [0.717, 1.165) is 30.8 Å². The maximum atomic E-state index is 5.13. The van der Waals surface area contributed by atoms with Gasteiger partial charge in [0.2, 0.25) is 11.8 Å². The van der Waals surface area contributed by atoms with Crippen molar-refractivity contribution in [3.8, 4) is 5.88 Å². The minimum absolute atomic E-state index is 0.559. The number of methoxy groups -OCH3 is 1. The summed E-state index contributed by atoms with van der Waals surface area (Å²) >= 11 is 0. The molecular weight excluding hydrogens is 244 g/mol. The van der Waals surface area contributed by atoms with E-state index in [-0.39, 0.29) is 0 Å². The molecular formula is C13H18N4O2. The van der Waals surface area contributed by atoms with Crippen LogP contribution in [0.4, 0.5) is 5.95 Å². The first-order valence-corrected chi connectivity index (χ1v) is 6.23. The Morgan fingerprint density at radius 2 is 2.21 bits per heavy atom. The summed E-state index contributed by atoms with van der Waals surface area (Å²) in [5, 5.41) is 7.11. The maximum absolute atomic E-state index is 5.13. The van der Waals surface area contributed by atoms with Crippen molar-refractivity contribution >= 4 is 5.95 Å². The molecule has 0 fully saturated rings. The topological polar surface area (TPSA) is 73.1 Å². The number of hydrogen-bond donors (Lipinski definition) is 1. The number of nitrogens with zero attached hydrogens (tertiary/aromatic N) is 3. The molecule has 0 aromatic carbocycles. The molecule has 0 bridgehead atoms. The molecule has 0 aliphatic rings. The van der Waals surface area contributed by atoms with Crippen molar-refractivity contribution in [2.75, 3.05) is 19.0 Å². The summed E-state index contributed by atoms with van der Waals surface area (Å²) in [5.41, 5.74) is 2.16. The van der Waals surface area contributed by atoms with Gasteiger partial charge in [0.1, 0.15) is 5.76 Å². The molecule has 0 spiro atoms. The molecule has 102 valence electrons. The second-order valence-electron chi connectivity index (χ2n) is 4.26. The molecule has 6 heteroatoms. The van der Waals surface area contributed by atoms with Gasteiger partial charge in [-0.2, -0.15) is 4.98 Å². The molecule has 2 aromatic rings. The Kier molecular flexibility index (Phi) is 4.33. The number of aromatic nitrogens is 3. The van der Waals surface area contributed by atoms with Crippen molar-refractivity contribution in [2.24, 2.45) is 0 Å². The van der Waals surface area contributed by atoms with E-state index >= 15 is 0 Å². The van der Waals surface area contributed by atoms with Crippen LogP contribution in [0.1, 0.15) is 23.4 Å². The Morgan fingerprint density at radius 1 is 1.37 bits per heavy atom. The van der Waals surface area contributed by atoms with E-state index in [0.29, 0.717) is 11.8 Å². The van der Waals surface area contributed by atoms with Gasteiger partial charge in [-0.05, 0) is 26.7 Å². The summed E-state index contributed by atoms with van der Waals surface area (Å²) in [4.78, 5) is 8.31. The Balaban J connectivity index is 1.80. The summed E-state index contributed by atoms with van der Waals surface area (Å²) in [5.74, 6) is 2.04. The average Bonchev–Trinajstić information content (AvgIpc) is 2.75. The zero-order chi connectivity index (χ0) is 13.7. The fourth-order valence-electron chi connectivity index (χ4n) is 1.87. The van der Waals surface area contributed by atoms with Crippen molar-refractivity contribution < 1.29 is 9.26 Å². The smallest absolute Gasteiger partial charge is 0.225 e. The number of aryl methyl sites for hydroxylation is 2. The molecule has 2 aromatic heterocycles. The predicted octanol–water partition coefficient (Wildman–Crippen LogP) is 2.13. The van der Waals surface area contributed by atoms with Crippen molar-refractivity contribution in [3.63, 3.8) is 0 Å². The standard InChI is InChI=1S/C13H18N4O2/c1-9-11(10(2)19-17-9)5-4-7-14-13-15-8-6-12(16-13)18-3/h6,8H,4-5,7H2,1-3H3,(H,14,15,16). The lowest BCUT2D eigenvalue weighted by atomic mass is 10.1. The Hall–Kier alpha value is -2.11. The summed E-state index contributed by atoms with van der Waals surface area (Å²) < 4.78 is 10.2. The zero-order valence-electron chi connectivity index (χ0n) is 11.4. The van der Waals surface area contributed by atoms with Gasteiger partial charge in [-0.25, -0.2) is 4.98 Å². The molecule has 0 saturated heterocycles. The van der Waals surface area contributed by atoms with E-state index in [4.69, 9.17) is 9.26 Å². The fourth-order valence-corrected chi connectivity index (χ4v) is 1.87. The molecule has 0 radical (unpaired) electrons. The fraction of sp³-hybridized carbons (Fsp3) is 0.462. The second-order valence-corrected chi connectivity index (χ2v) is 4.26. The number of ether oxygens (including phenoxy) is 1. The largest absolute Gasteiger partial charge is 0.481 e. The normalized spacial score (nSPS) is 10.5. The zero-order valence-corrected chi connectivity index (χ0v) is 11.4. The molecule has 0 amide bonds. The van der Waals surface area contributed by atoms with Gasteiger partial charge in [0, 0.05) is 24.4 Å². The number of rotatable bonds is 6. The van der Waals surface area contributed by atoms with Crippen LogP contribution < -0.4 is 10.1 Å². The molecule has 0 aliphatic carbocycles. The first-order valence-electron chi connectivity index (χ1n) is 6.23. The summed E-state index contributed by atoms with van der Waals surface area (Å²) in [6, 6.07) is 1.72. The highest BCUT2D eigenvalue weighted by atomic mass is 16.5. The molecule has 1 N–H and O–H groups in total. The van der Waals surface area contributed by atoms with Gasteiger partial charge in [0.25, 0.3) is 0 Å². The molecule has 6 nitrogen and oxygen atoms in total. The van der Waals surface area contributed by atoms with Crippen molar-refractivity contribution in [2.45, 2.75) is 26.7 Å². The lowest BCUT2D eigenvalue weighted by Gasteiger charge is -2.05. The van der Waals surface area contributed by atoms with Crippen molar-refractivity contribution in [1.29, 1.82) is 0 Å². The number of anilines is 1. The Labute approximate surface area is 112 Å². The first kappa shape index (κ1) is 13.3. The maximum Gasteiger partial charge on any atom is 0.225 e. The highest BCUT2D eigenvalue weighted by Gasteiger charge is 2.08. The van der Waals surface area contributed by atoms with Gasteiger partial charge in [-0.1, -0.05) is 5.16 Å². The van der Waals surface area contributed by atoms with Gasteiger partial charge in [-0.15, -0.1) is 0 Å². The average molecular weight is 262 g/mol. The third-order valence-corrected chi connectivity index (χ3v) is 2.91. The van der Waals surface area contributed by atoms with Crippen molar-refractivity contribution in [1.82, 2.24) is 15.1 Å². The highest BCUT2D eigenvalue weighted by molar-refractivity contribution is 5.27. The molecule has 0 saturated carbocycles. The Bertz CT molecular complexity index is 520. The van der Waals surface area contributed by atoms with Gasteiger partial charge >= 0.3 is 0 Å². The summed E-state index contributed by atoms with van der Waals surface area (Å²) in [7, 11) is 1.59. The van der Waals surface area contributed by atoms with Crippen LogP contribution in [-0.4, -0.2) is 28.8 Å². The van der Waals surface area contributed by atoms with Crippen molar-refractivity contribution in [3.05, 3.63) is 29.3 Å². The Morgan fingerprint density at radius 3 is 2.89 bits per heavy atom. The van der Waals surface area contributed by atoms with Crippen LogP contribution >= 0.6 is 0 Å².